The maximum absolute atomic E-state index is 13.7. The highest BCUT2D eigenvalue weighted by atomic mass is 19.1. The molecule has 1 amide bonds. The molecule has 1 saturated carbocycles. The SMILES string of the molecule is O=C(NC1CCCCC1O)c1cc(F)c([N+](=O)[O-])cc1F. The molecule has 2 N–H and O–H groups in total. The summed E-state index contributed by atoms with van der Waals surface area (Å²) < 4.78 is 27.2. The molecule has 1 aliphatic rings. The van der Waals surface area contributed by atoms with Crippen LogP contribution in [-0.4, -0.2) is 28.1 Å². The van der Waals surface area contributed by atoms with E-state index in [2.05, 4.69) is 5.32 Å². The lowest BCUT2D eigenvalue weighted by Crippen LogP contribution is -2.45. The summed E-state index contributed by atoms with van der Waals surface area (Å²) in [5.74, 6) is -3.35. The lowest BCUT2D eigenvalue weighted by Gasteiger charge is -2.28. The van der Waals surface area contributed by atoms with Crippen LogP contribution in [0.4, 0.5) is 14.5 Å². The minimum absolute atomic E-state index is 0.377. The van der Waals surface area contributed by atoms with Gasteiger partial charge in [0.15, 0.2) is 0 Å². The van der Waals surface area contributed by atoms with Crippen molar-refractivity contribution in [2.45, 2.75) is 37.8 Å². The van der Waals surface area contributed by atoms with Gasteiger partial charge in [0.1, 0.15) is 5.82 Å². The Labute approximate surface area is 118 Å². The zero-order valence-electron chi connectivity index (χ0n) is 11.0. The highest BCUT2D eigenvalue weighted by Crippen LogP contribution is 2.23. The number of nitrogens with one attached hydrogen (secondary N) is 1. The molecule has 1 aromatic rings. The Morgan fingerprint density at radius 3 is 2.57 bits per heavy atom. The van der Waals surface area contributed by atoms with Crippen LogP contribution in [0.2, 0.25) is 0 Å². The molecule has 1 fully saturated rings. The first-order chi connectivity index (χ1) is 9.90. The molecule has 1 aromatic carbocycles. The molecule has 6 nitrogen and oxygen atoms in total. The largest absolute Gasteiger partial charge is 0.391 e. The van der Waals surface area contributed by atoms with Crippen LogP contribution in [0.1, 0.15) is 36.0 Å². The van der Waals surface area contributed by atoms with Gasteiger partial charge in [0.2, 0.25) is 5.82 Å². The molecule has 0 heterocycles. The maximum atomic E-state index is 13.7. The van der Waals surface area contributed by atoms with E-state index in [-0.39, 0.29) is 0 Å². The highest BCUT2D eigenvalue weighted by Gasteiger charge is 2.27. The molecule has 2 unspecified atom stereocenters. The van der Waals surface area contributed by atoms with Gasteiger partial charge in [0, 0.05) is 0 Å². The number of nitro groups is 1. The number of nitrogens with zero attached hydrogens (tertiary/aromatic N) is 1. The molecule has 0 saturated heterocycles. The summed E-state index contributed by atoms with van der Waals surface area (Å²) in [6.07, 6.45) is 2.01. The summed E-state index contributed by atoms with van der Waals surface area (Å²) >= 11 is 0. The van der Waals surface area contributed by atoms with Crippen LogP contribution < -0.4 is 5.32 Å². The summed E-state index contributed by atoms with van der Waals surface area (Å²) in [5.41, 5.74) is -1.64. The number of carbonyl (C=O) groups excluding carboxylic acids is 1. The van der Waals surface area contributed by atoms with E-state index in [1.54, 1.807) is 0 Å². The lowest BCUT2D eigenvalue weighted by molar-refractivity contribution is -0.387. The Morgan fingerprint density at radius 1 is 1.29 bits per heavy atom. The van der Waals surface area contributed by atoms with Gasteiger partial charge < -0.3 is 10.4 Å². The fourth-order valence-corrected chi connectivity index (χ4v) is 2.38. The topological polar surface area (TPSA) is 92.5 Å². The first-order valence-electron chi connectivity index (χ1n) is 6.52. The summed E-state index contributed by atoms with van der Waals surface area (Å²) in [6, 6.07) is 0.350. The average molecular weight is 300 g/mol. The first kappa shape index (κ1) is 15.3. The van der Waals surface area contributed by atoms with Crippen molar-refractivity contribution < 1.29 is 23.6 Å². The molecular weight excluding hydrogens is 286 g/mol. The van der Waals surface area contributed by atoms with Gasteiger partial charge in [-0.15, -0.1) is 0 Å². The third kappa shape index (κ3) is 3.33. The van der Waals surface area contributed by atoms with Crippen LogP contribution in [-0.2, 0) is 0 Å². The van der Waals surface area contributed by atoms with E-state index >= 15 is 0 Å². The number of aliphatic hydroxyl groups is 1. The van der Waals surface area contributed by atoms with E-state index in [1.165, 1.54) is 0 Å². The third-order valence-corrected chi connectivity index (χ3v) is 3.52. The Balaban J connectivity index is 2.19. The molecular formula is C13H14F2N2O4. The van der Waals surface area contributed by atoms with Crippen molar-refractivity contribution in [3.8, 4) is 0 Å². The molecule has 1 aliphatic carbocycles. The first-order valence-corrected chi connectivity index (χ1v) is 6.52. The maximum Gasteiger partial charge on any atom is 0.307 e. The molecule has 2 rings (SSSR count). The van der Waals surface area contributed by atoms with Crippen LogP contribution >= 0.6 is 0 Å². The number of rotatable bonds is 3. The Kier molecular flexibility index (Phi) is 4.46. The van der Waals surface area contributed by atoms with Gasteiger partial charge in [0.05, 0.1) is 28.7 Å². The van der Waals surface area contributed by atoms with Gasteiger partial charge in [-0.25, -0.2) is 4.39 Å². The molecule has 0 aliphatic heterocycles. The second-order valence-corrected chi connectivity index (χ2v) is 4.97. The second kappa shape index (κ2) is 6.13. The van der Waals surface area contributed by atoms with Crippen LogP contribution in [0.3, 0.4) is 0 Å². The number of hydrogen-bond acceptors (Lipinski definition) is 4. The molecule has 0 radical (unpaired) electrons. The molecule has 0 bridgehead atoms. The molecule has 8 heteroatoms. The monoisotopic (exact) mass is 300 g/mol. The smallest absolute Gasteiger partial charge is 0.307 e. The van der Waals surface area contributed by atoms with Gasteiger partial charge in [-0.2, -0.15) is 4.39 Å². The van der Waals surface area contributed by atoms with Crippen LogP contribution in [0, 0.1) is 21.7 Å². The minimum atomic E-state index is -1.28. The van der Waals surface area contributed by atoms with E-state index in [0.717, 1.165) is 12.8 Å². The Morgan fingerprint density at radius 2 is 1.95 bits per heavy atom. The van der Waals surface area contributed by atoms with Crippen molar-refractivity contribution in [2.75, 3.05) is 0 Å². The summed E-state index contributed by atoms with van der Waals surface area (Å²) in [5, 5.41) is 22.7. The van der Waals surface area contributed by atoms with Gasteiger partial charge in [-0.05, 0) is 18.9 Å². The zero-order valence-corrected chi connectivity index (χ0v) is 11.0. The van der Waals surface area contributed by atoms with Crippen LogP contribution in [0.5, 0.6) is 0 Å². The van der Waals surface area contributed by atoms with Crippen LogP contribution in [0.25, 0.3) is 0 Å². The third-order valence-electron chi connectivity index (χ3n) is 3.52. The fourth-order valence-electron chi connectivity index (χ4n) is 2.38. The number of carbonyl (C=O) groups is 1. The number of aliphatic hydroxyl groups excluding tert-OH is 1. The van der Waals surface area contributed by atoms with E-state index in [0.29, 0.717) is 25.0 Å². The number of benzene rings is 1. The molecule has 21 heavy (non-hydrogen) atoms. The average Bonchev–Trinajstić information content (AvgIpc) is 2.43. The van der Waals surface area contributed by atoms with E-state index in [9.17, 15) is 28.8 Å². The zero-order chi connectivity index (χ0) is 15.6. The van der Waals surface area contributed by atoms with E-state index in [1.807, 2.05) is 0 Å². The lowest BCUT2D eigenvalue weighted by atomic mass is 9.92. The standard InChI is InChI=1S/C13H14F2N2O4/c14-8-6-11(17(20)21)9(15)5-7(8)13(19)16-10-3-1-2-4-12(10)18/h5-6,10,12,18H,1-4H2,(H,16,19). The quantitative estimate of drug-likeness (QED) is 0.658. The van der Waals surface area contributed by atoms with Crippen LogP contribution in [0.15, 0.2) is 12.1 Å². The predicted molar refractivity (Wildman–Crippen MR) is 68.7 cm³/mol. The predicted octanol–water partition coefficient (Wildman–Crippen LogP) is 1.91. The summed E-state index contributed by atoms with van der Waals surface area (Å²) in [7, 11) is 0. The van der Waals surface area contributed by atoms with Gasteiger partial charge in [-0.3, -0.25) is 14.9 Å². The summed E-state index contributed by atoms with van der Waals surface area (Å²) in [4.78, 5) is 21.3. The van der Waals surface area contributed by atoms with Crippen molar-refractivity contribution in [1.29, 1.82) is 0 Å². The van der Waals surface area contributed by atoms with Gasteiger partial charge in [-0.1, -0.05) is 12.8 Å². The van der Waals surface area contributed by atoms with Gasteiger partial charge >= 0.3 is 5.69 Å². The second-order valence-electron chi connectivity index (χ2n) is 4.97. The number of hydrogen-bond donors (Lipinski definition) is 2. The molecule has 0 aromatic heterocycles. The summed E-state index contributed by atoms with van der Waals surface area (Å²) in [6.45, 7) is 0. The molecule has 114 valence electrons. The normalized spacial score (nSPS) is 21.9. The number of amides is 1. The Bertz CT molecular complexity index is 580. The Hall–Kier alpha value is -2.09. The molecule has 2 atom stereocenters. The highest BCUT2D eigenvalue weighted by molar-refractivity contribution is 5.95. The van der Waals surface area contributed by atoms with Crippen molar-refractivity contribution in [2.24, 2.45) is 0 Å². The van der Waals surface area contributed by atoms with Crippen molar-refractivity contribution in [1.82, 2.24) is 5.32 Å². The van der Waals surface area contributed by atoms with Crippen molar-refractivity contribution in [3.63, 3.8) is 0 Å². The minimum Gasteiger partial charge on any atom is -0.391 e. The van der Waals surface area contributed by atoms with E-state index < -0.39 is 45.9 Å². The van der Waals surface area contributed by atoms with Crippen molar-refractivity contribution in [3.05, 3.63) is 39.4 Å². The van der Waals surface area contributed by atoms with Gasteiger partial charge in [0.25, 0.3) is 5.91 Å². The molecule has 0 spiro atoms. The fraction of sp³-hybridized carbons (Fsp3) is 0.462. The van der Waals surface area contributed by atoms with E-state index in [4.69, 9.17) is 0 Å². The number of halogens is 2. The van der Waals surface area contributed by atoms with Crippen molar-refractivity contribution >= 4 is 11.6 Å². The number of nitro benzene ring substituents is 1.